The van der Waals surface area contributed by atoms with E-state index in [1.54, 1.807) is 23.4 Å². The van der Waals surface area contributed by atoms with E-state index in [-0.39, 0.29) is 18.0 Å². The predicted molar refractivity (Wildman–Crippen MR) is 118 cm³/mol. The molecule has 0 bridgehead atoms. The van der Waals surface area contributed by atoms with Crippen molar-refractivity contribution in [3.8, 4) is 0 Å². The summed E-state index contributed by atoms with van der Waals surface area (Å²) in [6.45, 7) is 2.31. The number of hydrogen-bond donors (Lipinski definition) is 0. The number of pyridine rings is 1. The Morgan fingerprint density at radius 3 is 2.30 bits per heavy atom. The van der Waals surface area contributed by atoms with E-state index in [4.69, 9.17) is 0 Å². The van der Waals surface area contributed by atoms with Crippen molar-refractivity contribution in [1.82, 2.24) is 14.8 Å². The molecule has 0 saturated carbocycles. The summed E-state index contributed by atoms with van der Waals surface area (Å²) >= 11 is 0. The van der Waals surface area contributed by atoms with Crippen molar-refractivity contribution in [3.05, 3.63) is 101 Å². The molecular weight excluding hydrogens is 376 g/mol. The maximum absolute atomic E-state index is 13.0. The largest absolute Gasteiger partial charge is 0.311 e. The first kappa shape index (κ1) is 19.5. The number of likely N-dealkylation sites (N-methyl/N-ethyl adjacent to an activating group) is 1. The molecule has 150 valence electrons. The summed E-state index contributed by atoms with van der Waals surface area (Å²) in [5.74, 6) is -0.177. The minimum atomic E-state index is -0.262. The van der Waals surface area contributed by atoms with Crippen LogP contribution in [0, 0.1) is 0 Å². The van der Waals surface area contributed by atoms with Gasteiger partial charge in [-0.15, -0.1) is 0 Å². The quantitative estimate of drug-likeness (QED) is 0.499. The topological polar surface area (TPSA) is 68.1 Å². The van der Waals surface area contributed by atoms with Crippen LogP contribution in [0.1, 0.15) is 18.2 Å². The molecule has 0 aliphatic carbocycles. The highest BCUT2D eigenvalue weighted by molar-refractivity contribution is 5.93. The molecule has 4 aromatic rings. The monoisotopic (exact) mass is 398 g/mol. The second kappa shape index (κ2) is 8.69. The molecule has 0 aliphatic rings. The van der Waals surface area contributed by atoms with E-state index >= 15 is 0 Å². The van der Waals surface area contributed by atoms with Gasteiger partial charge in [-0.2, -0.15) is 5.10 Å². The molecule has 0 spiro atoms. The van der Waals surface area contributed by atoms with Gasteiger partial charge in [0.15, 0.2) is 0 Å². The molecule has 0 unspecified atom stereocenters. The normalized spacial score (nSPS) is 10.8. The van der Waals surface area contributed by atoms with Gasteiger partial charge in [-0.25, -0.2) is 4.68 Å². The van der Waals surface area contributed by atoms with Gasteiger partial charge in [-0.3, -0.25) is 14.6 Å². The third kappa shape index (κ3) is 3.98. The molecule has 2 aromatic carbocycles. The van der Waals surface area contributed by atoms with Gasteiger partial charge in [0.2, 0.25) is 5.91 Å². The minimum absolute atomic E-state index is 0.115. The number of hydrogen-bond acceptors (Lipinski definition) is 4. The number of amides is 1. The summed E-state index contributed by atoms with van der Waals surface area (Å²) in [6, 6.07) is 20.7. The van der Waals surface area contributed by atoms with Crippen LogP contribution < -0.4 is 10.5 Å². The van der Waals surface area contributed by atoms with Crippen molar-refractivity contribution in [2.45, 2.75) is 19.9 Å². The summed E-state index contributed by atoms with van der Waals surface area (Å²) in [5, 5.41) is 5.95. The van der Waals surface area contributed by atoms with E-state index in [9.17, 15) is 9.59 Å². The lowest BCUT2D eigenvalue weighted by atomic mass is 10.1. The Bertz CT molecular complexity index is 1220. The second-order valence-electron chi connectivity index (χ2n) is 6.96. The molecule has 0 radical (unpaired) electrons. The van der Waals surface area contributed by atoms with Crippen molar-refractivity contribution >= 4 is 22.4 Å². The van der Waals surface area contributed by atoms with Gasteiger partial charge in [-0.1, -0.05) is 36.4 Å². The van der Waals surface area contributed by atoms with E-state index in [0.717, 1.165) is 22.3 Å². The Morgan fingerprint density at radius 2 is 1.60 bits per heavy atom. The number of fused-ring (bicyclic) bond motifs is 1. The van der Waals surface area contributed by atoms with Gasteiger partial charge >= 0.3 is 0 Å². The van der Waals surface area contributed by atoms with E-state index in [1.165, 1.54) is 4.68 Å². The number of carbonyl (C=O) groups excluding carboxylic acids is 1. The van der Waals surface area contributed by atoms with Gasteiger partial charge in [0.25, 0.3) is 5.56 Å². The zero-order valence-electron chi connectivity index (χ0n) is 16.7. The first-order valence-electron chi connectivity index (χ1n) is 9.90. The standard InChI is InChI=1S/C24H22N4O2/c1-2-27(19-8-4-3-5-9-19)23(29)17-28-24(30)21-11-7-6-10-20(21)22(26-28)16-18-12-14-25-15-13-18/h3-15H,2,16-17H2,1H3. The van der Waals surface area contributed by atoms with Crippen LogP contribution >= 0.6 is 0 Å². The van der Waals surface area contributed by atoms with Crippen LogP contribution in [0.3, 0.4) is 0 Å². The Labute approximate surface area is 174 Å². The van der Waals surface area contributed by atoms with Gasteiger partial charge in [-0.05, 0) is 42.8 Å². The molecule has 0 atom stereocenters. The SMILES string of the molecule is CCN(C(=O)Cn1nc(Cc2ccncc2)c2ccccc2c1=O)c1ccccc1. The van der Waals surface area contributed by atoms with Crippen LogP contribution in [-0.4, -0.2) is 27.2 Å². The number of carbonyl (C=O) groups is 1. The van der Waals surface area contributed by atoms with Crippen molar-refractivity contribution in [1.29, 1.82) is 0 Å². The highest BCUT2D eigenvalue weighted by Crippen LogP contribution is 2.17. The van der Waals surface area contributed by atoms with E-state index in [0.29, 0.717) is 18.4 Å². The maximum atomic E-state index is 13.0. The molecule has 0 N–H and O–H groups in total. The van der Waals surface area contributed by atoms with Crippen LogP contribution in [0.25, 0.3) is 10.8 Å². The van der Waals surface area contributed by atoms with Gasteiger partial charge < -0.3 is 4.90 Å². The summed E-state index contributed by atoms with van der Waals surface area (Å²) in [6.07, 6.45) is 4.01. The van der Waals surface area contributed by atoms with E-state index < -0.39 is 0 Å². The van der Waals surface area contributed by atoms with Gasteiger partial charge in [0.05, 0.1) is 11.1 Å². The average molecular weight is 398 g/mol. The number of nitrogens with zero attached hydrogens (tertiary/aromatic N) is 4. The third-order valence-corrected chi connectivity index (χ3v) is 5.04. The number of aromatic nitrogens is 3. The molecule has 6 nitrogen and oxygen atoms in total. The Morgan fingerprint density at radius 1 is 0.933 bits per heavy atom. The summed E-state index contributed by atoms with van der Waals surface area (Å²) in [5.41, 5.74) is 2.34. The molecule has 0 aliphatic heterocycles. The van der Waals surface area contributed by atoms with E-state index in [1.807, 2.05) is 67.6 Å². The molecular formula is C24H22N4O2. The number of anilines is 1. The Hall–Kier alpha value is -3.80. The molecule has 0 saturated heterocycles. The number of rotatable bonds is 6. The molecule has 2 heterocycles. The molecule has 30 heavy (non-hydrogen) atoms. The number of para-hydroxylation sites is 1. The second-order valence-corrected chi connectivity index (χ2v) is 6.96. The fourth-order valence-corrected chi connectivity index (χ4v) is 3.56. The summed E-state index contributed by atoms with van der Waals surface area (Å²) < 4.78 is 1.28. The van der Waals surface area contributed by atoms with Gasteiger partial charge in [0, 0.05) is 36.4 Å². The first-order chi connectivity index (χ1) is 14.7. The third-order valence-electron chi connectivity index (χ3n) is 5.04. The summed E-state index contributed by atoms with van der Waals surface area (Å²) in [4.78, 5) is 31.8. The average Bonchev–Trinajstić information content (AvgIpc) is 2.79. The fraction of sp³-hybridized carbons (Fsp3) is 0.167. The lowest BCUT2D eigenvalue weighted by molar-refractivity contribution is -0.119. The molecule has 0 fully saturated rings. The van der Waals surface area contributed by atoms with Crippen LogP contribution in [-0.2, 0) is 17.8 Å². The van der Waals surface area contributed by atoms with Crippen LogP contribution in [0.15, 0.2) is 83.9 Å². The fourth-order valence-electron chi connectivity index (χ4n) is 3.56. The van der Waals surface area contributed by atoms with Gasteiger partial charge in [0.1, 0.15) is 6.54 Å². The smallest absolute Gasteiger partial charge is 0.275 e. The summed E-state index contributed by atoms with van der Waals surface area (Å²) in [7, 11) is 0. The Kier molecular flexibility index (Phi) is 5.66. The molecule has 1 amide bonds. The zero-order chi connectivity index (χ0) is 20.9. The number of benzene rings is 2. The first-order valence-corrected chi connectivity index (χ1v) is 9.90. The minimum Gasteiger partial charge on any atom is -0.311 e. The van der Waals surface area contributed by atoms with Crippen molar-refractivity contribution in [2.24, 2.45) is 0 Å². The predicted octanol–water partition coefficient (Wildman–Crippen LogP) is 3.44. The van der Waals surface area contributed by atoms with Crippen molar-refractivity contribution < 1.29 is 4.79 Å². The molecule has 2 aromatic heterocycles. The van der Waals surface area contributed by atoms with Crippen molar-refractivity contribution in [3.63, 3.8) is 0 Å². The molecule has 4 rings (SSSR count). The Balaban J connectivity index is 1.73. The maximum Gasteiger partial charge on any atom is 0.275 e. The van der Waals surface area contributed by atoms with Crippen LogP contribution in [0.4, 0.5) is 5.69 Å². The highest BCUT2D eigenvalue weighted by atomic mass is 16.2. The van der Waals surface area contributed by atoms with Crippen LogP contribution in [0.5, 0.6) is 0 Å². The lowest BCUT2D eigenvalue weighted by Gasteiger charge is -2.21. The van der Waals surface area contributed by atoms with Crippen molar-refractivity contribution in [2.75, 3.05) is 11.4 Å². The van der Waals surface area contributed by atoms with E-state index in [2.05, 4.69) is 10.1 Å². The highest BCUT2D eigenvalue weighted by Gasteiger charge is 2.18. The zero-order valence-corrected chi connectivity index (χ0v) is 16.7. The van der Waals surface area contributed by atoms with Crippen LogP contribution in [0.2, 0.25) is 0 Å². The lowest BCUT2D eigenvalue weighted by Crippen LogP contribution is -2.37. The molecule has 6 heteroatoms.